The number of rotatable bonds is 5. The summed E-state index contributed by atoms with van der Waals surface area (Å²) < 4.78 is 53.9. The van der Waals surface area contributed by atoms with E-state index >= 15 is 0 Å². The lowest BCUT2D eigenvalue weighted by atomic mass is 9.98. The van der Waals surface area contributed by atoms with Crippen LogP contribution in [0.5, 0.6) is 0 Å². The Morgan fingerprint density at radius 1 is 1.05 bits per heavy atom. The zero-order valence-electron chi connectivity index (χ0n) is 11.0. The normalized spacial score (nSPS) is 13.6. The zero-order chi connectivity index (χ0) is 15.5. The highest BCUT2D eigenvalue weighted by Gasteiger charge is 2.27. The molecule has 0 aliphatic carbocycles. The molecule has 0 heterocycles. The van der Waals surface area contributed by atoms with Gasteiger partial charge in [0.25, 0.3) is 0 Å². The van der Waals surface area contributed by atoms with E-state index in [0.29, 0.717) is 16.3 Å². The van der Waals surface area contributed by atoms with E-state index in [9.17, 15) is 22.7 Å². The van der Waals surface area contributed by atoms with Crippen LogP contribution in [0.3, 0.4) is 0 Å². The minimum Gasteiger partial charge on any atom is -0.388 e. The summed E-state index contributed by atoms with van der Waals surface area (Å²) in [6.45, 7) is -1.57. The van der Waals surface area contributed by atoms with Crippen molar-refractivity contribution in [2.75, 3.05) is 13.2 Å². The van der Waals surface area contributed by atoms with Crippen LogP contribution in [-0.4, -0.2) is 24.5 Å². The largest absolute Gasteiger partial charge is 0.411 e. The molecule has 0 spiro atoms. The van der Waals surface area contributed by atoms with Crippen molar-refractivity contribution in [3.63, 3.8) is 0 Å². The van der Waals surface area contributed by atoms with Crippen molar-refractivity contribution in [3.8, 4) is 0 Å². The van der Waals surface area contributed by atoms with Crippen LogP contribution < -0.4 is 0 Å². The van der Waals surface area contributed by atoms with E-state index in [4.69, 9.17) is 0 Å². The summed E-state index contributed by atoms with van der Waals surface area (Å²) >= 11 is 0. The molecule has 0 bridgehead atoms. The molecule has 2 rings (SSSR count). The Labute approximate surface area is 119 Å². The van der Waals surface area contributed by atoms with Gasteiger partial charge in [-0.05, 0) is 17.0 Å². The van der Waals surface area contributed by atoms with Crippen molar-refractivity contribution in [3.05, 3.63) is 47.8 Å². The Morgan fingerprint density at radius 3 is 2.38 bits per heavy atom. The van der Waals surface area contributed by atoms with E-state index in [2.05, 4.69) is 4.74 Å². The van der Waals surface area contributed by atoms with Gasteiger partial charge in [0.2, 0.25) is 0 Å². The van der Waals surface area contributed by atoms with Gasteiger partial charge < -0.3 is 9.84 Å². The number of aliphatic hydroxyl groups is 1. The lowest BCUT2D eigenvalue weighted by Gasteiger charge is -2.15. The van der Waals surface area contributed by atoms with Crippen LogP contribution in [0.1, 0.15) is 18.1 Å². The molecule has 114 valence electrons. The van der Waals surface area contributed by atoms with Crippen molar-refractivity contribution in [2.45, 2.75) is 18.7 Å². The van der Waals surface area contributed by atoms with Gasteiger partial charge in [-0.3, -0.25) is 0 Å². The van der Waals surface area contributed by atoms with Crippen LogP contribution >= 0.6 is 0 Å². The third-order valence-corrected chi connectivity index (χ3v) is 3.06. The van der Waals surface area contributed by atoms with Gasteiger partial charge in [0.05, 0.1) is 6.10 Å². The van der Waals surface area contributed by atoms with Crippen LogP contribution in [0.4, 0.5) is 17.6 Å². The fourth-order valence-electron chi connectivity index (χ4n) is 2.11. The molecule has 0 saturated heterocycles. The molecule has 0 fully saturated rings. The molecule has 21 heavy (non-hydrogen) atoms. The summed E-state index contributed by atoms with van der Waals surface area (Å²) in [7, 11) is 0. The Kier molecular flexibility index (Phi) is 4.80. The predicted octanol–water partition coefficient (Wildman–Crippen LogP) is 3.98. The summed E-state index contributed by atoms with van der Waals surface area (Å²) in [4.78, 5) is 0. The molecule has 0 saturated carbocycles. The Morgan fingerprint density at radius 2 is 1.71 bits per heavy atom. The molecule has 1 atom stereocenters. The maximum absolute atomic E-state index is 13.6. The zero-order valence-corrected chi connectivity index (χ0v) is 11.0. The van der Waals surface area contributed by atoms with Gasteiger partial charge in [-0.2, -0.15) is 13.2 Å². The third-order valence-electron chi connectivity index (χ3n) is 3.06. The summed E-state index contributed by atoms with van der Waals surface area (Å²) in [5, 5.41) is 11.0. The van der Waals surface area contributed by atoms with Crippen LogP contribution in [-0.2, 0) is 4.74 Å². The highest BCUT2D eigenvalue weighted by molar-refractivity contribution is 5.86. The first-order valence-corrected chi connectivity index (χ1v) is 6.38. The number of alkyl halides is 3. The second-order valence-corrected chi connectivity index (χ2v) is 4.65. The quantitative estimate of drug-likeness (QED) is 0.668. The Hall–Kier alpha value is -1.66. The molecule has 0 aliphatic rings. The molecule has 0 amide bonds. The van der Waals surface area contributed by atoms with Crippen LogP contribution in [0.25, 0.3) is 10.8 Å². The summed E-state index contributed by atoms with van der Waals surface area (Å²) in [5.41, 5.74) is 0.475. The van der Waals surface area contributed by atoms with E-state index in [1.54, 1.807) is 24.3 Å². The number of hydrogen-bond donors (Lipinski definition) is 1. The van der Waals surface area contributed by atoms with Crippen LogP contribution in [0, 0.1) is 5.82 Å². The molecule has 0 aliphatic heterocycles. The molecule has 2 nitrogen and oxygen atoms in total. The summed E-state index contributed by atoms with van der Waals surface area (Å²) in [6.07, 6.45) is -5.39. The molecule has 2 aromatic rings. The van der Waals surface area contributed by atoms with Crippen LogP contribution in [0.2, 0.25) is 0 Å². The van der Waals surface area contributed by atoms with E-state index in [-0.39, 0.29) is 13.0 Å². The van der Waals surface area contributed by atoms with Crippen molar-refractivity contribution < 1.29 is 27.4 Å². The summed E-state index contributed by atoms with van der Waals surface area (Å²) in [5.74, 6) is -0.408. The maximum Gasteiger partial charge on any atom is 0.411 e. The van der Waals surface area contributed by atoms with Crippen molar-refractivity contribution in [1.82, 2.24) is 0 Å². The first kappa shape index (κ1) is 15.7. The van der Waals surface area contributed by atoms with Gasteiger partial charge >= 0.3 is 6.18 Å². The molecule has 1 unspecified atom stereocenters. The number of fused-ring (bicyclic) bond motifs is 1. The maximum atomic E-state index is 13.6. The highest BCUT2D eigenvalue weighted by Crippen LogP contribution is 2.28. The van der Waals surface area contributed by atoms with Gasteiger partial charge in [0.15, 0.2) is 0 Å². The first-order chi connectivity index (χ1) is 9.88. The smallest absolute Gasteiger partial charge is 0.388 e. The summed E-state index contributed by atoms with van der Waals surface area (Å²) in [6, 6.07) is 9.30. The number of benzene rings is 2. The second kappa shape index (κ2) is 6.41. The molecular formula is C15H14F4O2. The average molecular weight is 302 g/mol. The monoisotopic (exact) mass is 302 g/mol. The van der Waals surface area contributed by atoms with E-state index in [0.717, 1.165) is 0 Å². The van der Waals surface area contributed by atoms with E-state index < -0.39 is 24.7 Å². The lowest BCUT2D eigenvalue weighted by Crippen LogP contribution is -2.18. The topological polar surface area (TPSA) is 29.5 Å². The number of halogens is 4. The standard InChI is InChI=1S/C15H14F4O2/c16-13-6-5-12(10-3-1-2-4-11(10)13)14(20)7-8-21-9-15(17,18)19/h1-6,14,20H,7-9H2. The van der Waals surface area contributed by atoms with Gasteiger partial charge in [-0.25, -0.2) is 4.39 Å². The molecule has 2 aromatic carbocycles. The fourth-order valence-corrected chi connectivity index (χ4v) is 2.11. The van der Waals surface area contributed by atoms with Gasteiger partial charge in [0, 0.05) is 18.4 Å². The molecule has 1 N–H and O–H groups in total. The minimum absolute atomic E-state index is 0.00566. The SMILES string of the molecule is OC(CCOCC(F)(F)F)c1ccc(F)c2ccccc12. The van der Waals surface area contributed by atoms with E-state index in [1.807, 2.05) is 0 Å². The van der Waals surface area contributed by atoms with E-state index in [1.165, 1.54) is 12.1 Å². The van der Waals surface area contributed by atoms with Crippen molar-refractivity contribution >= 4 is 10.8 Å². The van der Waals surface area contributed by atoms with Crippen LogP contribution in [0.15, 0.2) is 36.4 Å². The van der Waals surface area contributed by atoms with Gasteiger partial charge in [0.1, 0.15) is 12.4 Å². The third kappa shape index (κ3) is 4.15. The Balaban J connectivity index is 2.06. The van der Waals surface area contributed by atoms with Crippen molar-refractivity contribution in [1.29, 1.82) is 0 Å². The van der Waals surface area contributed by atoms with Gasteiger partial charge in [-0.1, -0.05) is 30.3 Å². The van der Waals surface area contributed by atoms with Crippen molar-refractivity contribution in [2.24, 2.45) is 0 Å². The predicted molar refractivity (Wildman–Crippen MR) is 70.4 cm³/mol. The average Bonchev–Trinajstić information content (AvgIpc) is 2.43. The molecule has 0 aromatic heterocycles. The molecule has 6 heteroatoms. The lowest BCUT2D eigenvalue weighted by molar-refractivity contribution is -0.175. The second-order valence-electron chi connectivity index (χ2n) is 4.65. The highest BCUT2D eigenvalue weighted by atomic mass is 19.4. The number of aliphatic hydroxyl groups excluding tert-OH is 1. The fraction of sp³-hybridized carbons (Fsp3) is 0.333. The molecule has 0 radical (unpaired) electrons. The Bertz CT molecular complexity index is 610. The number of ether oxygens (including phenoxy) is 1. The van der Waals surface area contributed by atoms with Gasteiger partial charge in [-0.15, -0.1) is 0 Å². The minimum atomic E-state index is -4.38. The molecular weight excluding hydrogens is 288 g/mol. The first-order valence-electron chi connectivity index (χ1n) is 6.38. The number of hydrogen-bond acceptors (Lipinski definition) is 2.